The van der Waals surface area contributed by atoms with Crippen LogP contribution in [-0.4, -0.2) is 22.8 Å². The van der Waals surface area contributed by atoms with Gasteiger partial charge in [-0.3, -0.25) is 0 Å². The Morgan fingerprint density at radius 3 is 2.47 bits per heavy atom. The minimum atomic E-state index is -0.291. The smallest absolute Gasteiger partial charge is 0.330 e. The molecule has 0 fully saturated rings. The van der Waals surface area contributed by atoms with Gasteiger partial charge in [0.1, 0.15) is 0 Å². The Morgan fingerprint density at radius 2 is 2.00 bits per heavy atom. The second-order valence-corrected chi connectivity index (χ2v) is 5.23. The molecule has 1 aromatic carbocycles. The normalized spacial score (nSPS) is 10.5. The van der Waals surface area contributed by atoms with Crippen LogP contribution in [-0.2, 0) is 9.53 Å². The fraction of sp³-hybridized carbons (Fsp3) is 0.312. The molecule has 3 heteroatoms. The molecule has 0 atom stereocenters. The van der Waals surface area contributed by atoms with E-state index in [9.17, 15) is 4.79 Å². The average molecular weight is 276 g/mol. The number of allylic oxidation sites excluding steroid dienone is 3. The lowest BCUT2D eigenvalue weighted by atomic mass is 10.1. The Hall–Kier alpha value is -1.61. The van der Waals surface area contributed by atoms with E-state index >= 15 is 0 Å². The number of aryl methyl sites for hydroxylation is 1. The summed E-state index contributed by atoms with van der Waals surface area (Å²) in [5.74, 6) is -0.291. The van der Waals surface area contributed by atoms with Crippen molar-refractivity contribution in [3.8, 4) is 0 Å². The molecular formula is C16H24O2Si. The molecule has 1 rings (SSSR count). The second kappa shape index (κ2) is 10.3. The molecule has 0 spiro atoms. The molecular weight excluding hydrogens is 252 g/mol. The van der Waals surface area contributed by atoms with Gasteiger partial charge in [0.2, 0.25) is 0 Å². The van der Waals surface area contributed by atoms with Crippen LogP contribution in [0.5, 0.6) is 0 Å². The number of benzene rings is 1. The highest BCUT2D eigenvalue weighted by Crippen LogP contribution is 1.99. The number of carbonyl (C=O) groups is 1. The monoisotopic (exact) mass is 276 g/mol. The topological polar surface area (TPSA) is 26.3 Å². The van der Waals surface area contributed by atoms with Gasteiger partial charge in [-0.25, -0.2) is 4.79 Å². The first-order valence-corrected chi connectivity index (χ1v) is 7.51. The van der Waals surface area contributed by atoms with Crippen molar-refractivity contribution in [2.45, 2.75) is 27.7 Å². The van der Waals surface area contributed by atoms with Crippen molar-refractivity contribution in [1.29, 1.82) is 0 Å². The highest BCUT2D eigenvalue weighted by atomic mass is 28.1. The van der Waals surface area contributed by atoms with Gasteiger partial charge in [-0.2, -0.15) is 0 Å². The van der Waals surface area contributed by atoms with Gasteiger partial charge in [0.05, 0.1) is 6.61 Å². The Labute approximate surface area is 119 Å². The number of ether oxygens (including phenoxy) is 1. The maximum Gasteiger partial charge on any atom is 0.330 e. The molecule has 0 heterocycles. The zero-order valence-corrected chi connectivity index (χ0v) is 14.6. The van der Waals surface area contributed by atoms with E-state index in [-0.39, 0.29) is 5.97 Å². The predicted molar refractivity (Wildman–Crippen MR) is 86.1 cm³/mol. The van der Waals surface area contributed by atoms with Crippen LogP contribution in [0, 0.1) is 13.8 Å². The number of esters is 1. The summed E-state index contributed by atoms with van der Waals surface area (Å²) < 4.78 is 4.63. The van der Waals surface area contributed by atoms with Gasteiger partial charge in [0.15, 0.2) is 0 Å². The predicted octanol–water partition coefficient (Wildman–Crippen LogP) is 1.98. The third-order valence-corrected chi connectivity index (χ3v) is 3.78. The molecule has 0 aromatic heterocycles. The lowest BCUT2D eigenvalue weighted by Crippen LogP contribution is -2.07. The first-order chi connectivity index (χ1) is 9.02. The van der Waals surface area contributed by atoms with E-state index in [0.717, 1.165) is 0 Å². The van der Waals surface area contributed by atoms with Crippen molar-refractivity contribution in [1.82, 2.24) is 0 Å². The lowest BCUT2D eigenvalue weighted by Gasteiger charge is -2.01. The van der Waals surface area contributed by atoms with Crippen LogP contribution < -0.4 is 5.19 Å². The first kappa shape index (κ1) is 17.4. The maximum atomic E-state index is 10.6. The van der Waals surface area contributed by atoms with Crippen molar-refractivity contribution >= 4 is 21.4 Å². The van der Waals surface area contributed by atoms with E-state index in [1.807, 2.05) is 13.0 Å². The van der Waals surface area contributed by atoms with Gasteiger partial charge in [-0.15, -0.1) is 0 Å². The van der Waals surface area contributed by atoms with E-state index in [4.69, 9.17) is 0 Å². The molecule has 19 heavy (non-hydrogen) atoms. The quantitative estimate of drug-likeness (QED) is 0.365. The molecule has 0 bridgehead atoms. The van der Waals surface area contributed by atoms with Gasteiger partial charge in [-0.1, -0.05) is 41.6 Å². The summed E-state index contributed by atoms with van der Waals surface area (Å²) in [6.45, 7) is 8.45. The summed E-state index contributed by atoms with van der Waals surface area (Å²) in [6, 6.07) is 6.50. The minimum Gasteiger partial charge on any atom is -0.463 e. The molecule has 1 aromatic rings. The van der Waals surface area contributed by atoms with Crippen molar-refractivity contribution < 1.29 is 9.53 Å². The van der Waals surface area contributed by atoms with Crippen LogP contribution in [0.1, 0.15) is 25.0 Å². The van der Waals surface area contributed by atoms with E-state index in [1.165, 1.54) is 32.6 Å². The van der Waals surface area contributed by atoms with Gasteiger partial charge in [0.25, 0.3) is 0 Å². The average Bonchev–Trinajstić information content (AvgIpc) is 2.37. The third-order valence-electron chi connectivity index (χ3n) is 2.70. The van der Waals surface area contributed by atoms with Gasteiger partial charge in [-0.05, 0) is 38.8 Å². The van der Waals surface area contributed by atoms with E-state index in [0.29, 0.717) is 6.61 Å². The number of hydrogen-bond donors (Lipinski definition) is 0. The molecule has 0 aliphatic heterocycles. The van der Waals surface area contributed by atoms with Crippen LogP contribution in [0.3, 0.4) is 0 Å². The summed E-state index contributed by atoms with van der Waals surface area (Å²) in [5.41, 5.74) is 2.90. The van der Waals surface area contributed by atoms with Crippen LogP contribution in [0.15, 0.2) is 42.5 Å². The minimum absolute atomic E-state index is 0.291. The molecule has 0 radical (unpaired) electrons. The highest BCUT2D eigenvalue weighted by Gasteiger charge is 1.91. The number of rotatable bonds is 3. The Bertz CT molecular complexity index is 428. The summed E-state index contributed by atoms with van der Waals surface area (Å²) in [4.78, 5) is 10.6. The SMILES string of the molecule is C/C=C/C=C/C(=O)OCC.Cc1cccc([SiH3])c1C. The first-order valence-electron chi connectivity index (χ1n) is 6.51. The molecule has 0 aliphatic carbocycles. The maximum absolute atomic E-state index is 10.6. The van der Waals surface area contributed by atoms with E-state index < -0.39 is 0 Å². The third kappa shape index (κ3) is 8.16. The molecule has 0 saturated heterocycles. The molecule has 2 nitrogen and oxygen atoms in total. The largest absolute Gasteiger partial charge is 0.463 e. The Morgan fingerprint density at radius 1 is 1.32 bits per heavy atom. The molecule has 0 unspecified atom stereocenters. The van der Waals surface area contributed by atoms with Gasteiger partial charge in [0, 0.05) is 16.3 Å². The molecule has 0 aliphatic rings. The highest BCUT2D eigenvalue weighted by molar-refractivity contribution is 6.33. The summed E-state index contributed by atoms with van der Waals surface area (Å²) >= 11 is 0. The van der Waals surface area contributed by atoms with Crippen LogP contribution in [0.2, 0.25) is 0 Å². The number of hydrogen-bond acceptors (Lipinski definition) is 2. The fourth-order valence-corrected chi connectivity index (χ4v) is 1.92. The van der Waals surface area contributed by atoms with E-state index in [2.05, 4.69) is 36.8 Å². The van der Waals surface area contributed by atoms with Crippen molar-refractivity contribution in [3.63, 3.8) is 0 Å². The molecule has 0 amide bonds. The van der Waals surface area contributed by atoms with Crippen LogP contribution in [0.25, 0.3) is 0 Å². The van der Waals surface area contributed by atoms with Crippen molar-refractivity contribution in [2.75, 3.05) is 6.61 Å². The lowest BCUT2D eigenvalue weighted by molar-refractivity contribution is -0.137. The van der Waals surface area contributed by atoms with E-state index in [1.54, 1.807) is 19.1 Å². The summed E-state index contributed by atoms with van der Waals surface area (Å²) in [7, 11) is 1.17. The number of carbonyl (C=O) groups excluding carboxylic acids is 1. The van der Waals surface area contributed by atoms with Crippen molar-refractivity contribution in [2.24, 2.45) is 0 Å². The summed E-state index contributed by atoms with van der Waals surface area (Å²) in [5, 5.41) is 1.52. The van der Waals surface area contributed by atoms with Crippen molar-refractivity contribution in [3.05, 3.63) is 53.6 Å². The Kier molecular flexibility index (Phi) is 9.45. The molecule has 104 valence electrons. The van der Waals surface area contributed by atoms with Crippen LogP contribution >= 0.6 is 0 Å². The summed E-state index contributed by atoms with van der Waals surface area (Å²) in [6.07, 6.45) is 6.66. The van der Waals surface area contributed by atoms with Crippen LogP contribution in [0.4, 0.5) is 0 Å². The Balaban J connectivity index is 0.000000342. The van der Waals surface area contributed by atoms with Gasteiger partial charge >= 0.3 is 5.97 Å². The van der Waals surface area contributed by atoms with Gasteiger partial charge < -0.3 is 4.74 Å². The zero-order valence-electron chi connectivity index (χ0n) is 12.6. The fourth-order valence-electron chi connectivity index (χ4n) is 1.33. The second-order valence-electron chi connectivity index (χ2n) is 4.15. The molecule has 0 N–H and O–H groups in total. The standard InChI is InChI=1S/C8H12O2.C8H12Si/c1-3-5-6-7-8(9)10-4-2;1-6-4-3-5-8(9)7(6)2/h3,5-7H,4H2,1-2H3;3-5H,1-2,9H3/b5-3+,7-6+;. The molecule has 0 saturated carbocycles. The zero-order chi connectivity index (χ0) is 14.7.